The van der Waals surface area contributed by atoms with Crippen molar-refractivity contribution >= 4 is 0 Å². The molecule has 0 unspecified atom stereocenters. The summed E-state index contributed by atoms with van der Waals surface area (Å²) in [6.45, 7) is 9.61. The highest BCUT2D eigenvalue weighted by Crippen LogP contribution is 2.49. The minimum absolute atomic E-state index is 0.0385. The number of hydrogen-bond acceptors (Lipinski definition) is 0. The molecular formula is C33H35F9. The quantitative estimate of drug-likeness (QED) is 0.225. The van der Waals surface area contributed by atoms with Gasteiger partial charge in [-0.15, -0.1) is 0 Å². The molecule has 0 radical (unpaired) electrons. The van der Waals surface area contributed by atoms with Gasteiger partial charge in [-0.1, -0.05) is 47.6 Å². The van der Waals surface area contributed by atoms with E-state index in [1.165, 1.54) is 13.0 Å². The molecule has 0 atom stereocenters. The Bertz CT molecular complexity index is 1410. The van der Waals surface area contributed by atoms with Gasteiger partial charge in [-0.25, -0.2) is 0 Å². The van der Waals surface area contributed by atoms with Gasteiger partial charge in [0.15, 0.2) is 0 Å². The smallest absolute Gasteiger partial charge is 0.166 e. The Labute approximate surface area is 241 Å². The van der Waals surface area contributed by atoms with E-state index in [4.69, 9.17) is 0 Å². The van der Waals surface area contributed by atoms with Gasteiger partial charge in [0, 0.05) is 0 Å². The lowest BCUT2D eigenvalue weighted by Gasteiger charge is -2.27. The first-order valence-electron chi connectivity index (χ1n) is 14.2. The van der Waals surface area contributed by atoms with Gasteiger partial charge < -0.3 is 0 Å². The van der Waals surface area contributed by atoms with Gasteiger partial charge in [0.25, 0.3) is 0 Å². The topological polar surface area (TPSA) is 0 Å². The first-order valence-corrected chi connectivity index (χ1v) is 14.2. The summed E-state index contributed by atoms with van der Waals surface area (Å²) < 4.78 is 128. The summed E-state index contributed by atoms with van der Waals surface area (Å²) in [5.74, 6) is 0. The Hall–Kier alpha value is -2.97. The van der Waals surface area contributed by atoms with Crippen molar-refractivity contribution in [1.29, 1.82) is 0 Å². The minimum Gasteiger partial charge on any atom is -0.166 e. The highest BCUT2D eigenvalue weighted by atomic mass is 19.4. The van der Waals surface area contributed by atoms with Crippen molar-refractivity contribution in [1.82, 2.24) is 0 Å². The second-order valence-electron chi connectivity index (χ2n) is 10.3. The number of alkyl halides is 9. The Morgan fingerprint density at radius 1 is 0.452 bits per heavy atom. The van der Waals surface area contributed by atoms with Gasteiger partial charge in [-0.3, -0.25) is 0 Å². The molecule has 0 aliphatic heterocycles. The van der Waals surface area contributed by atoms with Crippen molar-refractivity contribution < 1.29 is 39.5 Å². The molecule has 0 amide bonds. The molecule has 0 heterocycles. The highest BCUT2D eigenvalue weighted by Gasteiger charge is 2.40. The van der Waals surface area contributed by atoms with Crippen LogP contribution in [0.1, 0.15) is 91.6 Å². The zero-order valence-electron chi connectivity index (χ0n) is 24.5. The Kier molecular flexibility index (Phi) is 9.84. The van der Waals surface area contributed by atoms with Crippen LogP contribution in [-0.4, -0.2) is 0 Å². The summed E-state index contributed by atoms with van der Waals surface area (Å²) in [5.41, 5.74) is -1.44. The average molecular weight is 603 g/mol. The molecule has 0 aromatic heterocycles. The number of benzene rings is 3. The van der Waals surface area contributed by atoms with Crippen LogP contribution in [0.4, 0.5) is 39.5 Å². The molecule has 9 heteroatoms. The summed E-state index contributed by atoms with van der Waals surface area (Å²) >= 11 is 0. The molecule has 0 nitrogen and oxygen atoms in total. The maximum Gasteiger partial charge on any atom is 0.416 e. The molecule has 0 fully saturated rings. The minimum atomic E-state index is -4.79. The van der Waals surface area contributed by atoms with Gasteiger partial charge in [0.05, 0.1) is 16.7 Å². The van der Waals surface area contributed by atoms with Gasteiger partial charge in [-0.2, -0.15) is 39.5 Å². The van der Waals surface area contributed by atoms with Crippen LogP contribution in [0.2, 0.25) is 0 Å². The lowest BCUT2D eigenvalue weighted by molar-refractivity contribution is -0.139. The van der Waals surface area contributed by atoms with Gasteiger partial charge >= 0.3 is 18.5 Å². The monoisotopic (exact) mass is 602 g/mol. The lowest BCUT2D eigenvalue weighted by atomic mass is 9.78. The van der Waals surface area contributed by atoms with Crippen molar-refractivity contribution in [3.63, 3.8) is 0 Å². The molecule has 0 spiro atoms. The lowest BCUT2D eigenvalue weighted by Crippen LogP contribution is -2.16. The molecule has 3 rings (SSSR count). The van der Waals surface area contributed by atoms with E-state index in [0.717, 1.165) is 18.2 Å². The van der Waals surface area contributed by atoms with Crippen LogP contribution < -0.4 is 0 Å². The number of halogens is 9. The third-order valence-corrected chi connectivity index (χ3v) is 7.86. The molecule has 230 valence electrons. The van der Waals surface area contributed by atoms with E-state index in [2.05, 4.69) is 0 Å². The second-order valence-corrected chi connectivity index (χ2v) is 10.3. The Morgan fingerprint density at radius 2 is 0.952 bits per heavy atom. The Balaban J connectivity index is 2.69. The van der Waals surface area contributed by atoms with Crippen LogP contribution in [0, 0.1) is 0 Å². The molecule has 0 saturated heterocycles. The Morgan fingerprint density at radius 3 is 1.33 bits per heavy atom. The van der Waals surface area contributed by atoms with Crippen LogP contribution in [0.5, 0.6) is 0 Å². The predicted octanol–water partition coefficient (Wildman–Crippen LogP) is 11.5. The maximum absolute atomic E-state index is 14.6. The predicted molar refractivity (Wildman–Crippen MR) is 149 cm³/mol. The summed E-state index contributed by atoms with van der Waals surface area (Å²) in [6.07, 6.45) is -13.8. The molecule has 3 aromatic rings. The molecule has 0 aliphatic rings. The van der Waals surface area contributed by atoms with Crippen molar-refractivity contribution in [3.8, 4) is 22.3 Å². The maximum atomic E-state index is 14.6. The standard InChI is InChI=1S/C33H35F9/c1-7-18-13-22(17-27(24(18)11-5)32(37,38)39)26-16-21(10-4)30(33(40,41)42)25(12-6)29(26)28-19(8-2)14-23(31(34,35)36)15-20(28)9-3/h13-17H,7-12H2,1-6H3. The van der Waals surface area contributed by atoms with Crippen LogP contribution in [-0.2, 0) is 57.1 Å². The molecule has 0 aliphatic carbocycles. The molecule has 0 saturated carbocycles. The summed E-state index contributed by atoms with van der Waals surface area (Å²) in [5, 5.41) is 0. The third kappa shape index (κ3) is 6.35. The van der Waals surface area contributed by atoms with E-state index in [0.29, 0.717) is 5.56 Å². The van der Waals surface area contributed by atoms with Crippen molar-refractivity contribution in [2.24, 2.45) is 0 Å². The zero-order chi connectivity index (χ0) is 31.8. The van der Waals surface area contributed by atoms with Gasteiger partial charge in [0.2, 0.25) is 0 Å². The highest BCUT2D eigenvalue weighted by molar-refractivity contribution is 5.91. The van der Waals surface area contributed by atoms with E-state index in [1.54, 1.807) is 40.7 Å². The van der Waals surface area contributed by atoms with Crippen LogP contribution in [0.25, 0.3) is 22.3 Å². The van der Waals surface area contributed by atoms with Gasteiger partial charge in [-0.05, 0) is 118 Å². The van der Waals surface area contributed by atoms with E-state index < -0.39 is 35.2 Å². The van der Waals surface area contributed by atoms with Crippen LogP contribution >= 0.6 is 0 Å². The SMILES string of the molecule is CCc1cc(-c2cc(CC)c(C(F)(F)F)c(CC)c2-c2c(CC)cc(C(F)(F)F)cc2CC)cc(C(F)(F)F)c1CC. The molecule has 3 aromatic carbocycles. The fourth-order valence-corrected chi connectivity index (χ4v) is 5.98. The number of aryl methyl sites for hydroxylation is 4. The van der Waals surface area contributed by atoms with Crippen molar-refractivity contribution in [3.05, 3.63) is 80.4 Å². The van der Waals surface area contributed by atoms with Crippen molar-refractivity contribution in [2.75, 3.05) is 0 Å². The molecule has 42 heavy (non-hydrogen) atoms. The largest absolute Gasteiger partial charge is 0.416 e. The fraction of sp³-hybridized carbons (Fsp3) is 0.455. The summed E-state index contributed by atoms with van der Waals surface area (Å²) in [6, 6.07) is 5.73. The number of hydrogen-bond donors (Lipinski definition) is 0. The first kappa shape index (κ1) is 33.5. The fourth-order valence-electron chi connectivity index (χ4n) is 5.98. The van der Waals surface area contributed by atoms with E-state index in [-0.39, 0.29) is 88.6 Å². The van der Waals surface area contributed by atoms with E-state index >= 15 is 0 Å². The normalized spacial score (nSPS) is 12.7. The van der Waals surface area contributed by atoms with Crippen molar-refractivity contribution in [2.45, 2.75) is 98.6 Å². The summed E-state index contributed by atoms with van der Waals surface area (Å²) in [7, 11) is 0. The molecular weight excluding hydrogens is 567 g/mol. The van der Waals surface area contributed by atoms with Gasteiger partial charge in [0.1, 0.15) is 0 Å². The third-order valence-electron chi connectivity index (χ3n) is 7.86. The van der Waals surface area contributed by atoms with Crippen LogP contribution in [0.15, 0.2) is 30.3 Å². The molecule has 0 bridgehead atoms. The average Bonchev–Trinajstić information content (AvgIpc) is 2.92. The van der Waals surface area contributed by atoms with Crippen LogP contribution in [0.3, 0.4) is 0 Å². The summed E-state index contributed by atoms with van der Waals surface area (Å²) in [4.78, 5) is 0. The molecule has 0 N–H and O–H groups in total. The first-order chi connectivity index (χ1) is 19.5. The zero-order valence-corrected chi connectivity index (χ0v) is 24.5. The van der Waals surface area contributed by atoms with E-state index in [9.17, 15) is 39.5 Å². The van der Waals surface area contributed by atoms with E-state index in [1.807, 2.05) is 0 Å². The second kappa shape index (κ2) is 12.3. The number of rotatable bonds is 8.